The van der Waals surface area contributed by atoms with Crippen LogP contribution in [-0.4, -0.2) is 15.7 Å². The summed E-state index contributed by atoms with van der Waals surface area (Å²) in [4.78, 5) is 0. The Hall–Kier alpha value is 0.700. The van der Waals surface area contributed by atoms with Crippen LogP contribution in [0.15, 0.2) is 0 Å². The van der Waals surface area contributed by atoms with E-state index in [9.17, 15) is 0 Å². The summed E-state index contributed by atoms with van der Waals surface area (Å²) in [6.45, 7) is 2.52. The van der Waals surface area contributed by atoms with E-state index >= 15 is 0 Å². The van der Waals surface area contributed by atoms with Gasteiger partial charge in [0.2, 0.25) is 0 Å². The molecule has 0 aliphatic heterocycles. The van der Waals surface area contributed by atoms with Gasteiger partial charge >= 0.3 is 0 Å². The molecule has 0 heterocycles. The molecule has 6 saturated carbocycles. The van der Waals surface area contributed by atoms with Crippen LogP contribution < -0.4 is 0 Å². The van der Waals surface area contributed by atoms with E-state index < -0.39 is 0 Å². The maximum Gasteiger partial charge on any atom is 0.00838 e. The molecule has 2 heteroatoms. The molecule has 12 unspecified atom stereocenters. The average Bonchev–Trinajstić information content (AvgIpc) is 3.24. The van der Waals surface area contributed by atoms with E-state index in [0.29, 0.717) is 0 Å². The number of thiol groups is 1. The first-order chi connectivity index (χ1) is 11.2. The van der Waals surface area contributed by atoms with Crippen molar-refractivity contribution in [2.75, 3.05) is 0 Å². The van der Waals surface area contributed by atoms with Crippen molar-refractivity contribution in [2.24, 2.45) is 53.3 Å². The smallest absolute Gasteiger partial charge is 0.00838 e. The van der Waals surface area contributed by atoms with Gasteiger partial charge in [-0.15, -0.1) is 0 Å². The fourth-order valence-electron chi connectivity index (χ4n) is 8.80. The van der Waals surface area contributed by atoms with Crippen molar-refractivity contribution in [1.29, 1.82) is 0 Å². The lowest BCUT2D eigenvalue weighted by atomic mass is 9.81. The highest BCUT2D eigenvalue weighted by atomic mass is 32.2. The van der Waals surface area contributed by atoms with E-state index in [1.54, 1.807) is 38.5 Å². The van der Waals surface area contributed by atoms with Crippen molar-refractivity contribution >= 4 is 24.4 Å². The molecule has 6 aliphatic rings. The molecule has 128 valence electrons. The van der Waals surface area contributed by atoms with Crippen LogP contribution in [0.25, 0.3) is 0 Å². The van der Waals surface area contributed by atoms with Crippen LogP contribution in [0.5, 0.6) is 0 Å². The molecule has 0 saturated heterocycles. The van der Waals surface area contributed by atoms with Crippen molar-refractivity contribution in [3.8, 4) is 0 Å². The summed E-state index contributed by atoms with van der Waals surface area (Å²) in [6, 6.07) is 0. The van der Waals surface area contributed by atoms with E-state index in [1.807, 2.05) is 0 Å². The van der Waals surface area contributed by atoms with Crippen LogP contribution in [0.3, 0.4) is 0 Å². The summed E-state index contributed by atoms with van der Waals surface area (Å²) in [6.07, 6.45) is 12.4. The summed E-state index contributed by atoms with van der Waals surface area (Å²) in [5.41, 5.74) is 0. The van der Waals surface area contributed by atoms with Gasteiger partial charge in [-0.25, -0.2) is 0 Å². The Bertz CT molecular complexity index is 460. The Kier molecular flexibility index (Phi) is 3.30. The zero-order valence-electron chi connectivity index (χ0n) is 14.4. The van der Waals surface area contributed by atoms with E-state index in [2.05, 4.69) is 18.7 Å². The summed E-state index contributed by atoms with van der Waals surface area (Å²) < 4.78 is 0. The van der Waals surface area contributed by atoms with Gasteiger partial charge in [0, 0.05) is 15.7 Å². The first-order valence-corrected chi connectivity index (χ1v) is 12.0. The Labute approximate surface area is 151 Å². The second-order valence-electron chi connectivity index (χ2n) is 10.4. The molecule has 4 bridgehead atoms. The quantitative estimate of drug-likeness (QED) is 0.641. The van der Waals surface area contributed by atoms with E-state index in [-0.39, 0.29) is 0 Å². The molecule has 23 heavy (non-hydrogen) atoms. The molecule has 6 fully saturated rings. The normalized spacial score (nSPS) is 65.5. The van der Waals surface area contributed by atoms with E-state index in [1.165, 1.54) is 12.8 Å². The predicted octanol–water partition coefficient (Wildman–Crippen LogP) is 5.52. The fourth-order valence-corrected chi connectivity index (χ4v) is 11.5. The lowest BCUT2D eigenvalue weighted by molar-refractivity contribution is 0.256. The van der Waals surface area contributed by atoms with Crippen molar-refractivity contribution in [3.63, 3.8) is 0 Å². The van der Waals surface area contributed by atoms with Crippen LogP contribution >= 0.6 is 24.4 Å². The first kappa shape index (κ1) is 14.8. The van der Waals surface area contributed by atoms with Gasteiger partial charge in [-0.2, -0.15) is 24.4 Å². The van der Waals surface area contributed by atoms with Gasteiger partial charge in [0.1, 0.15) is 0 Å². The van der Waals surface area contributed by atoms with Crippen molar-refractivity contribution in [2.45, 2.75) is 74.0 Å². The molecule has 0 aromatic carbocycles. The molecule has 12 atom stereocenters. The van der Waals surface area contributed by atoms with Crippen LogP contribution in [-0.2, 0) is 0 Å². The van der Waals surface area contributed by atoms with Gasteiger partial charge < -0.3 is 0 Å². The van der Waals surface area contributed by atoms with E-state index in [4.69, 9.17) is 12.6 Å². The van der Waals surface area contributed by atoms with Crippen LogP contribution in [0.2, 0.25) is 0 Å². The zero-order valence-corrected chi connectivity index (χ0v) is 16.2. The maximum absolute atomic E-state index is 4.83. The third kappa shape index (κ3) is 2.06. The van der Waals surface area contributed by atoms with Crippen LogP contribution in [0.1, 0.15) is 58.3 Å². The Morgan fingerprint density at radius 3 is 1.83 bits per heavy atom. The number of thioether (sulfide) groups is 1. The van der Waals surface area contributed by atoms with Gasteiger partial charge in [-0.3, -0.25) is 0 Å². The molecule has 0 nitrogen and oxygen atoms in total. The molecule has 0 amide bonds. The molecule has 0 N–H and O–H groups in total. The molecule has 0 aromatic heterocycles. The Morgan fingerprint density at radius 2 is 1.13 bits per heavy atom. The van der Waals surface area contributed by atoms with E-state index in [0.717, 1.165) is 69.0 Å². The average molecular weight is 349 g/mol. The SMILES string of the molecule is CC1CC2C3CC(SC4CC5CC4C4CC(S)CC54)C(C3)C2C1. The first-order valence-electron chi connectivity index (χ1n) is 10.5. The minimum atomic E-state index is 0.738. The zero-order chi connectivity index (χ0) is 15.3. The highest BCUT2D eigenvalue weighted by Gasteiger charge is 2.59. The summed E-state index contributed by atoms with van der Waals surface area (Å²) in [5, 5.41) is 2.84. The fraction of sp³-hybridized carbons (Fsp3) is 1.00. The minimum Gasteiger partial charge on any atom is -0.176 e. The minimum absolute atomic E-state index is 0.738. The van der Waals surface area contributed by atoms with Gasteiger partial charge in [0.25, 0.3) is 0 Å². The lowest BCUT2D eigenvalue weighted by Gasteiger charge is -2.37. The summed E-state index contributed by atoms with van der Waals surface area (Å²) in [5.74, 6) is 9.92. The van der Waals surface area contributed by atoms with Crippen molar-refractivity contribution in [1.82, 2.24) is 0 Å². The van der Waals surface area contributed by atoms with Gasteiger partial charge in [-0.1, -0.05) is 6.92 Å². The number of hydrogen-bond donors (Lipinski definition) is 1. The Morgan fingerprint density at radius 1 is 0.609 bits per heavy atom. The number of hydrogen-bond acceptors (Lipinski definition) is 2. The molecule has 6 rings (SSSR count). The highest BCUT2D eigenvalue weighted by Crippen LogP contribution is 2.66. The van der Waals surface area contributed by atoms with Crippen LogP contribution in [0.4, 0.5) is 0 Å². The Balaban J connectivity index is 1.16. The standard InChI is InChI=1S/C21H32S2/c1-10-2-14-11-4-18(16(14)3-10)20(6-11)23-21-7-12-5-19(21)17-9-13(22)8-15(12)17/h10-22H,2-9H2,1H3. The third-order valence-electron chi connectivity index (χ3n) is 9.37. The van der Waals surface area contributed by atoms with Crippen molar-refractivity contribution < 1.29 is 0 Å². The topological polar surface area (TPSA) is 0 Å². The molecular formula is C21H32S2. The largest absolute Gasteiger partial charge is 0.176 e. The predicted molar refractivity (Wildman–Crippen MR) is 102 cm³/mol. The second kappa shape index (κ2) is 5.12. The lowest BCUT2D eigenvalue weighted by Crippen LogP contribution is -2.32. The molecule has 0 aromatic rings. The van der Waals surface area contributed by atoms with Crippen LogP contribution in [0, 0.1) is 53.3 Å². The molecule has 6 aliphatic carbocycles. The summed E-state index contributed by atoms with van der Waals surface area (Å²) >= 11 is 7.35. The maximum atomic E-state index is 4.83. The van der Waals surface area contributed by atoms with Gasteiger partial charge in [-0.05, 0) is 105 Å². The number of rotatable bonds is 2. The van der Waals surface area contributed by atoms with Crippen molar-refractivity contribution in [3.05, 3.63) is 0 Å². The highest BCUT2D eigenvalue weighted by molar-refractivity contribution is 8.00. The molecule has 0 radical (unpaired) electrons. The molecular weight excluding hydrogens is 316 g/mol. The molecule has 0 spiro atoms. The summed E-state index contributed by atoms with van der Waals surface area (Å²) in [7, 11) is 0. The monoisotopic (exact) mass is 348 g/mol. The van der Waals surface area contributed by atoms with Gasteiger partial charge in [0.15, 0.2) is 0 Å². The second-order valence-corrected chi connectivity index (χ2v) is 12.6. The third-order valence-corrected chi connectivity index (χ3v) is 11.6. The van der Waals surface area contributed by atoms with Gasteiger partial charge in [0.05, 0.1) is 0 Å². The number of fused-ring (bicyclic) bond motifs is 10.